The first-order valence-electron chi connectivity index (χ1n) is 9.65. The van der Waals surface area contributed by atoms with E-state index in [1.54, 1.807) is 18.3 Å². The molecular formula is C22H27ClIN5O. The van der Waals surface area contributed by atoms with Gasteiger partial charge in [-0.1, -0.05) is 48.0 Å². The molecule has 0 amide bonds. The summed E-state index contributed by atoms with van der Waals surface area (Å²) in [6.45, 7) is 4.33. The van der Waals surface area contributed by atoms with E-state index in [4.69, 9.17) is 11.6 Å². The van der Waals surface area contributed by atoms with Gasteiger partial charge in [-0.2, -0.15) is 5.10 Å². The van der Waals surface area contributed by atoms with Gasteiger partial charge in [0.2, 0.25) is 0 Å². The average molecular weight is 540 g/mol. The molecule has 1 atom stereocenters. The third kappa shape index (κ3) is 7.30. The Balaban J connectivity index is 0.00000320. The summed E-state index contributed by atoms with van der Waals surface area (Å²) in [6.07, 6.45) is 3.08. The number of rotatable bonds is 8. The fraction of sp³-hybridized carbons (Fsp3) is 0.273. The van der Waals surface area contributed by atoms with Gasteiger partial charge in [-0.25, -0.2) is 4.99 Å². The van der Waals surface area contributed by atoms with Crippen molar-refractivity contribution < 1.29 is 5.11 Å². The van der Waals surface area contributed by atoms with E-state index in [1.165, 1.54) is 5.56 Å². The quantitative estimate of drug-likeness (QED) is 0.230. The fourth-order valence-electron chi connectivity index (χ4n) is 2.94. The fourth-order valence-corrected chi connectivity index (χ4v) is 3.06. The Labute approximate surface area is 199 Å². The Hall–Kier alpha value is -2.10. The molecule has 0 saturated carbocycles. The second kappa shape index (κ2) is 12.6. The number of aromatic nitrogens is 2. The van der Waals surface area contributed by atoms with Gasteiger partial charge in [-0.15, -0.1) is 24.0 Å². The van der Waals surface area contributed by atoms with Crippen molar-refractivity contribution in [3.63, 3.8) is 0 Å². The number of hydrogen-bond acceptors (Lipinski definition) is 3. The summed E-state index contributed by atoms with van der Waals surface area (Å²) in [6, 6.07) is 17.3. The molecule has 0 aliphatic carbocycles. The van der Waals surface area contributed by atoms with E-state index in [2.05, 4.69) is 32.9 Å². The Morgan fingerprint density at radius 2 is 1.83 bits per heavy atom. The minimum absolute atomic E-state index is 0. The van der Waals surface area contributed by atoms with Gasteiger partial charge in [-0.05, 0) is 41.8 Å². The van der Waals surface area contributed by atoms with Crippen LogP contribution in [0.2, 0.25) is 5.02 Å². The average Bonchev–Trinajstić information content (AvgIpc) is 3.24. The maximum atomic E-state index is 10.4. The van der Waals surface area contributed by atoms with Gasteiger partial charge < -0.3 is 15.7 Å². The number of nitrogens with one attached hydrogen (secondary N) is 2. The van der Waals surface area contributed by atoms with Crippen LogP contribution < -0.4 is 10.6 Å². The monoisotopic (exact) mass is 539 g/mol. The molecule has 0 saturated heterocycles. The Morgan fingerprint density at radius 3 is 2.50 bits per heavy atom. The van der Waals surface area contributed by atoms with Crippen molar-refractivity contribution in [1.29, 1.82) is 0 Å². The molecule has 2 aromatic carbocycles. The molecule has 30 heavy (non-hydrogen) atoms. The maximum absolute atomic E-state index is 10.4. The van der Waals surface area contributed by atoms with Gasteiger partial charge in [0.25, 0.3) is 0 Å². The summed E-state index contributed by atoms with van der Waals surface area (Å²) in [5.74, 6) is 0.661. The molecule has 0 radical (unpaired) electrons. The van der Waals surface area contributed by atoms with E-state index in [9.17, 15) is 5.11 Å². The van der Waals surface area contributed by atoms with Crippen LogP contribution in [-0.4, -0.2) is 33.9 Å². The smallest absolute Gasteiger partial charge is 0.191 e. The zero-order valence-corrected chi connectivity index (χ0v) is 19.9. The van der Waals surface area contributed by atoms with E-state index in [-0.39, 0.29) is 24.0 Å². The molecule has 3 aromatic rings. The number of nitrogens with zero attached hydrogens (tertiary/aromatic N) is 3. The van der Waals surface area contributed by atoms with E-state index in [0.717, 1.165) is 17.7 Å². The molecule has 1 aromatic heterocycles. The molecule has 0 spiro atoms. The number of halogens is 2. The number of guanidine groups is 1. The highest BCUT2D eigenvalue weighted by atomic mass is 127. The number of aliphatic hydroxyl groups is 1. The lowest BCUT2D eigenvalue weighted by Crippen LogP contribution is -2.39. The predicted octanol–water partition coefficient (Wildman–Crippen LogP) is 3.99. The van der Waals surface area contributed by atoms with Crippen molar-refractivity contribution in [2.45, 2.75) is 26.1 Å². The van der Waals surface area contributed by atoms with Gasteiger partial charge in [0, 0.05) is 30.5 Å². The van der Waals surface area contributed by atoms with Crippen molar-refractivity contribution in [2.24, 2.45) is 4.99 Å². The van der Waals surface area contributed by atoms with E-state index >= 15 is 0 Å². The Bertz CT molecular complexity index is 916. The normalized spacial score (nSPS) is 12.2. The molecule has 0 fully saturated rings. The molecule has 0 aliphatic heterocycles. The molecule has 160 valence electrons. The van der Waals surface area contributed by atoms with E-state index in [0.29, 0.717) is 30.6 Å². The highest BCUT2D eigenvalue weighted by Crippen LogP contribution is 2.16. The number of aliphatic hydroxyl groups excluding tert-OH is 1. The zero-order valence-electron chi connectivity index (χ0n) is 16.8. The molecule has 3 N–H and O–H groups in total. The van der Waals surface area contributed by atoms with Crippen LogP contribution in [0.3, 0.4) is 0 Å². The van der Waals surface area contributed by atoms with Gasteiger partial charge in [-0.3, -0.25) is 4.68 Å². The molecule has 1 heterocycles. The van der Waals surface area contributed by atoms with Gasteiger partial charge >= 0.3 is 0 Å². The zero-order chi connectivity index (χ0) is 20.5. The third-order valence-electron chi connectivity index (χ3n) is 4.48. The van der Waals surface area contributed by atoms with Crippen LogP contribution in [0, 0.1) is 0 Å². The number of aliphatic imine (C=N–C) groups is 1. The Kier molecular flexibility index (Phi) is 10.1. The summed E-state index contributed by atoms with van der Waals surface area (Å²) >= 11 is 5.91. The van der Waals surface area contributed by atoms with Crippen LogP contribution >= 0.6 is 35.6 Å². The van der Waals surface area contributed by atoms with Crippen molar-refractivity contribution >= 4 is 41.5 Å². The first-order chi connectivity index (χ1) is 14.2. The van der Waals surface area contributed by atoms with Crippen LogP contribution in [0.5, 0.6) is 0 Å². The van der Waals surface area contributed by atoms with Crippen molar-refractivity contribution in [2.75, 3.05) is 13.1 Å². The number of benzene rings is 2. The second-order valence-corrected chi connectivity index (χ2v) is 7.05. The third-order valence-corrected chi connectivity index (χ3v) is 4.73. The van der Waals surface area contributed by atoms with E-state index < -0.39 is 6.10 Å². The van der Waals surface area contributed by atoms with Gasteiger partial charge in [0.15, 0.2) is 5.96 Å². The molecule has 0 bridgehead atoms. The summed E-state index contributed by atoms with van der Waals surface area (Å²) in [4.78, 5) is 4.69. The largest absolute Gasteiger partial charge is 0.387 e. The number of hydrogen-bond donors (Lipinski definition) is 3. The molecule has 8 heteroatoms. The van der Waals surface area contributed by atoms with Crippen LogP contribution in [0.25, 0.3) is 0 Å². The molecule has 0 aliphatic rings. The van der Waals surface area contributed by atoms with Crippen molar-refractivity contribution in [3.8, 4) is 0 Å². The minimum Gasteiger partial charge on any atom is -0.387 e. The second-order valence-electron chi connectivity index (χ2n) is 6.62. The maximum Gasteiger partial charge on any atom is 0.191 e. The summed E-state index contributed by atoms with van der Waals surface area (Å²) < 4.78 is 1.90. The van der Waals surface area contributed by atoms with Crippen LogP contribution in [0.4, 0.5) is 0 Å². The molecule has 6 nitrogen and oxygen atoms in total. The predicted molar refractivity (Wildman–Crippen MR) is 132 cm³/mol. The standard InChI is InChI=1S/C22H26ClN5O.HI/c1-2-24-22(26-15-21(29)17-8-10-20(23)11-9-17)25-14-18-6-3-4-7-19(18)16-28-13-5-12-27-28;/h3-13,21,29H,2,14-16H2,1H3,(H2,24,25,26);1H. The lowest BCUT2D eigenvalue weighted by atomic mass is 10.1. The molecular weight excluding hydrogens is 513 g/mol. The first kappa shape index (κ1) is 24.2. The van der Waals surface area contributed by atoms with Crippen LogP contribution in [0.1, 0.15) is 29.7 Å². The molecule has 3 rings (SSSR count). The van der Waals surface area contributed by atoms with Crippen LogP contribution in [-0.2, 0) is 13.1 Å². The van der Waals surface area contributed by atoms with Gasteiger partial charge in [0.05, 0.1) is 19.2 Å². The van der Waals surface area contributed by atoms with Crippen molar-refractivity contribution in [3.05, 3.63) is 88.7 Å². The van der Waals surface area contributed by atoms with Crippen LogP contribution in [0.15, 0.2) is 72.0 Å². The molecule has 1 unspecified atom stereocenters. The SMILES string of the molecule is CCNC(=NCc1ccccc1Cn1cccn1)NCC(O)c1ccc(Cl)cc1.I. The van der Waals surface area contributed by atoms with E-state index in [1.807, 2.05) is 48.1 Å². The lowest BCUT2D eigenvalue weighted by molar-refractivity contribution is 0.181. The summed E-state index contributed by atoms with van der Waals surface area (Å²) in [5.41, 5.74) is 3.12. The van der Waals surface area contributed by atoms with Gasteiger partial charge in [0.1, 0.15) is 0 Å². The van der Waals surface area contributed by atoms with Crippen molar-refractivity contribution in [1.82, 2.24) is 20.4 Å². The highest BCUT2D eigenvalue weighted by Gasteiger charge is 2.09. The summed E-state index contributed by atoms with van der Waals surface area (Å²) in [7, 11) is 0. The summed E-state index contributed by atoms with van der Waals surface area (Å²) in [5, 5.41) is 21.8. The highest BCUT2D eigenvalue weighted by molar-refractivity contribution is 14.0. The topological polar surface area (TPSA) is 74.5 Å². The minimum atomic E-state index is -0.650. The lowest BCUT2D eigenvalue weighted by Gasteiger charge is -2.16. The Morgan fingerprint density at radius 1 is 1.10 bits per heavy atom. The first-order valence-corrected chi connectivity index (χ1v) is 10.0.